The number of hydrogen-bond donors (Lipinski definition) is 1. The molecule has 2 rings (SSSR count). The van der Waals surface area contributed by atoms with E-state index in [4.69, 9.17) is 5.73 Å². The van der Waals surface area contributed by atoms with Crippen LogP contribution < -0.4 is 5.73 Å². The molecule has 1 unspecified atom stereocenters. The van der Waals surface area contributed by atoms with E-state index in [9.17, 15) is 4.79 Å². The highest BCUT2D eigenvalue weighted by atomic mass is 79.9. The first kappa shape index (κ1) is 14.9. The summed E-state index contributed by atoms with van der Waals surface area (Å²) in [5, 5.41) is 4.25. The van der Waals surface area contributed by atoms with E-state index in [1.165, 1.54) is 0 Å². The van der Waals surface area contributed by atoms with Crippen LogP contribution >= 0.6 is 15.9 Å². The van der Waals surface area contributed by atoms with Gasteiger partial charge in [0.05, 0.1) is 16.6 Å². The van der Waals surface area contributed by atoms with Crippen LogP contribution in [-0.4, -0.2) is 22.1 Å². The number of ketones is 1. The van der Waals surface area contributed by atoms with E-state index in [-0.39, 0.29) is 24.3 Å². The summed E-state index contributed by atoms with van der Waals surface area (Å²) >= 11 is 3.41. The molecule has 0 aliphatic heterocycles. The van der Waals surface area contributed by atoms with Gasteiger partial charge in [0, 0.05) is 12.6 Å². The maximum absolute atomic E-state index is 12.8. The molecule has 106 valence electrons. The second-order valence-electron chi connectivity index (χ2n) is 4.94. The van der Waals surface area contributed by atoms with Crippen molar-refractivity contribution >= 4 is 21.7 Å². The molecular formula is C15H18BrN3O. The first-order valence-electron chi connectivity index (χ1n) is 6.58. The Balaban J connectivity index is 2.42. The maximum Gasteiger partial charge on any atom is 0.190 e. The number of halogens is 1. The molecule has 1 heterocycles. The Morgan fingerprint density at radius 1 is 1.35 bits per heavy atom. The summed E-state index contributed by atoms with van der Waals surface area (Å²) in [6.07, 6.45) is 1.66. The van der Waals surface area contributed by atoms with Crippen LogP contribution in [0.5, 0.6) is 0 Å². The van der Waals surface area contributed by atoms with Crippen molar-refractivity contribution in [1.82, 2.24) is 9.78 Å². The molecule has 0 fully saturated rings. The van der Waals surface area contributed by atoms with Gasteiger partial charge in [0.2, 0.25) is 0 Å². The summed E-state index contributed by atoms with van der Waals surface area (Å²) in [4.78, 5) is 12.8. The topological polar surface area (TPSA) is 60.9 Å². The number of carbonyl (C=O) groups is 1. The van der Waals surface area contributed by atoms with E-state index in [0.717, 1.165) is 5.56 Å². The molecular weight excluding hydrogens is 318 g/mol. The molecule has 0 spiro atoms. The Hall–Kier alpha value is -1.46. The molecule has 0 bridgehead atoms. The van der Waals surface area contributed by atoms with Crippen molar-refractivity contribution < 1.29 is 4.79 Å². The second-order valence-corrected chi connectivity index (χ2v) is 5.80. The van der Waals surface area contributed by atoms with E-state index in [0.29, 0.717) is 10.2 Å². The fourth-order valence-electron chi connectivity index (χ4n) is 2.21. The third kappa shape index (κ3) is 2.83. The van der Waals surface area contributed by atoms with E-state index in [1.807, 2.05) is 44.2 Å². The Morgan fingerprint density at radius 2 is 2.00 bits per heavy atom. The molecule has 0 radical (unpaired) electrons. The molecule has 2 aromatic rings. The molecule has 0 amide bonds. The van der Waals surface area contributed by atoms with Gasteiger partial charge in [-0.05, 0) is 35.3 Å². The van der Waals surface area contributed by atoms with Crippen LogP contribution in [0.1, 0.15) is 41.9 Å². The van der Waals surface area contributed by atoms with Gasteiger partial charge in [-0.15, -0.1) is 0 Å². The van der Waals surface area contributed by atoms with Crippen molar-refractivity contribution in [3.63, 3.8) is 0 Å². The monoisotopic (exact) mass is 335 g/mol. The van der Waals surface area contributed by atoms with Gasteiger partial charge in [-0.2, -0.15) is 5.10 Å². The largest absolute Gasteiger partial charge is 0.329 e. The molecule has 1 aromatic heterocycles. The lowest BCUT2D eigenvalue weighted by Gasteiger charge is -2.17. The summed E-state index contributed by atoms with van der Waals surface area (Å²) in [6, 6.07) is 9.74. The number of carbonyl (C=O) groups excluding carboxylic acids is 1. The molecule has 0 aliphatic rings. The van der Waals surface area contributed by atoms with E-state index >= 15 is 0 Å². The number of benzene rings is 1. The van der Waals surface area contributed by atoms with E-state index in [1.54, 1.807) is 10.9 Å². The first-order chi connectivity index (χ1) is 9.56. The molecule has 0 saturated carbocycles. The van der Waals surface area contributed by atoms with Crippen LogP contribution in [-0.2, 0) is 0 Å². The smallest absolute Gasteiger partial charge is 0.190 e. The Labute approximate surface area is 127 Å². The minimum atomic E-state index is -0.346. The Bertz CT molecular complexity index is 592. The van der Waals surface area contributed by atoms with Gasteiger partial charge in [0.25, 0.3) is 0 Å². The first-order valence-corrected chi connectivity index (χ1v) is 7.37. The maximum atomic E-state index is 12.8. The summed E-state index contributed by atoms with van der Waals surface area (Å²) in [5.41, 5.74) is 7.34. The van der Waals surface area contributed by atoms with Gasteiger partial charge in [0.1, 0.15) is 5.69 Å². The van der Waals surface area contributed by atoms with Crippen molar-refractivity contribution in [2.45, 2.75) is 25.8 Å². The third-order valence-corrected chi connectivity index (χ3v) is 3.81. The standard InChI is InChI=1S/C15H18BrN3O/c1-10(2)19-14(13(16)9-18-19)15(20)12(8-17)11-6-4-3-5-7-11/h3-7,9-10,12H,8,17H2,1-2H3. The second kappa shape index (κ2) is 6.33. The number of nitrogens with two attached hydrogens (primary N) is 1. The predicted octanol–water partition coefficient (Wildman–Crippen LogP) is 3.15. The van der Waals surface area contributed by atoms with Gasteiger partial charge in [-0.3, -0.25) is 9.48 Å². The van der Waals surface area contributed by atoms with Crippen molar-refractivity contribution in [3.05, 3.63) is 52.3 Å². The number of rotatable bonds is 5. The van der Waals surface area contributed by atoms with Gasteiger partial charge in [-0.1, -0.05) is 30.3 Å². The number of aromatic nitrogens is 2. The zero-order valence-corrected chi connectivity index (χ0v) is 13.2. The normalized spacial score (nSPS) is 12.7. The number of Topliss-reactive ketones (excluding diaryl/α,β-unsaturated/α-hetero) is 1. The van der Waals surface area contributed by atoms with Crippen molar-refractivity contribution in [3.8, 4) is 0 Å². The highest BCUT2D eigenvalue weighted by Gasteiger charge is 2.26. The zero-order valence-electron chi connectivity index (χ0n) is 11.6. The van der Waals surface area contributed by atoms with E-state index < -0.39 is 0 Å². The highest BCUT2D eigenvalue weighted by Crippen LogP contribution is 2.26. The molecule has 4 nitrogen and oxygen atoms in total. The summed E-state index contributed by atoms with van der Waals surface area (Å²) in [7, 11) is 0. The molecule has 2 N–H and O–H groups in total. The molecule has 20 heavy (non-hydrogen) atoms. The highest BCUT2D eigenvalue weighted by molar-refractivity contribution is 9.10. The lowest BCUT2D eigenvalue weighted by molar-refractivity contribution is 0.0949. The number of nitrogens with zero attached hydrogens (tertiary/aromatic N) is 2. The van der Waals surface area contributed by atoms with Crippen LogP contribution in [0.3, 0.4) is 0 Å². The van der Waals surface area contributed by atoms with Gasteiger partial charge < -0.3 is 5.73 Å². The van der Waals surface area contributed by atoms with Crippen molar-refractivity contribution in [2.24, 2.45) is 5.73 Å². The van der Waals surface area contributed by atoms with Crippen molar-refractivity contribution in [2.75, 3.05) is 6.54 Å². The molecule has 1 atom stereocenters. The quantitative estimate of drug-likeness (QED) is 0.853. The lowest BCUT2D eigenvalue weighted by atomic mass is 9.93. The number of hydrogen-bond acceptors (Lipinski definition) is 3. The SMILES string of the molecule is CC(C)n1ncc(Br)c1C(=O)C(CN)c1ccccc1. The average Bonchev–Trinajstić information content (AvgIpc) is 2.82. The summed E-state index contributed by atoms with van der Waals surface area (Å²) in [5.74, 6) is -0.349. The minimum Gasteiger partial charge on any atom is -0.329 e. The molecule has 1 aromatic carbocycles. The van der Waals surface area contributed by atoms with Crippen LogP contribution in [0.2, 0.25) is 0 Å². The predicted molar refractivity (Wildman–Crippen MR) is 82.9 cm³/mol. The fourth-order valence-corrected chi connectivity index (χ4v) is 2.68. The molecule has 0 saturated heterocycles. The third-order valence-electron chi connectivity index (χ3n) is 3.23. The zero-order chi connectivity index (χ0) is 14.7. The lowest BCUT2D eigenvalue weighted by Crippen LogP contribution is -2.25. The summed E-state index contributed by atoms with van der Waals surface area (Å²) in [6.45, 7) is 4.27. The van der Waals surface area contributed by atoms with Crippen molar-refractivity contribution in [1.29, 1.82) is 0 Å². The van der Waals surface area contributed by atoms with Crippen LogP contribution in [0.25, 0.3) is 0 Å². The van der Waals surface area contributed by atoms with Gasteiger partial charge >= 0.3 is 0 Å². The van der Waals surface area contributed by atoms with Gasteiger partial charge in [-0.25, -0.2) is 0 Å². The Morgan fingerprint density at radius 3 is 2.55 bits per heavy atom. The van der Waals surface area contributed by atoms with Crippen LogP contribution in [0.4, 0.5) is 0 Å². The minimum absolute atomic E-state index is 0.00299. The summed E-state index contributed by atoms with van der Waals surface area (Å²) < 4.78 is 2.45. The van der Waals surface area contributed by atoms with Crippen LogP contribution in [0.15, 0.2) is 41.0 Å². The van der Waals surface area contributed by atoms with E-state index in [2.05, 4.69) is 21.0 Å². The molecule has 5 heteroatoms. The van der Waals surface area contributed by atoms with Gasteiger partial charge in [0.15, 0.2) is 5.78 Å². The van der Waals surface area contributed by atoms with Crippen LogP contribution in [0, 0.1) is 0 Å². The fraction of sp³-hybridized carbons (Fsp3) is 0.333. The Kier molecular flexibility index (Phi) is 4.73. The average molecular weight is 336 g/mol. The molecule has 0 aliphatic carbocycles.